The van der Waals surface area contributed by atoms with Crippen LogP contribution in [0.1, 0.15) is 61.3 Å². The molecule has 0 aliphatic carbocycles. The molecule has 0 rings (SSSR count). The van der Waals surface area contributed by atoms with E-state index in [1.165, 1.54) is 12.8 Å². The molecule has 104 valence electrons. The lowest BCUT2D eigenvalue weighted by Gasteiger charge is -2.43. The lowest BCUT2D eigenvalue weighted by molar-refractivity contribution is 0.0466. The van der Waals surface area contributed by atoms with Gasteiger partial charge >= 0.3 is 0 Å². The molecule has 1 N–H and O–H groups in total. The Labute approximate surface area is 108 Å². The van der Waals surface area contributed by atoms with Crippen molar-refractivity contribution >= 4 is 0 Å². The Hall–Kier alpha value is -0.0800. The van der Waals surface area contributed by atoms with Crippen molar-refractivity contribution in [1.29, 1.82) is 0 Å². The lowest BCUT2D eigenvalue weighted by Crippen LogP contribution is -2.50. The maximum Gasteiger partial charge on any atom is 0.0558 e. The molecule has 0 aliphatic rings. The van der Waals surface area contributed by atoms with Gasteiger partial charge in [-0.3, -0.25) is 4.90 Å². The molecule has 0 bridgehead atoms. The minimum atomic E-state index is 0.159. The third-order valence-corrected chi connectivity index (χ3v) is 4.61. The summed E-state index contributed by atoms with van der Waals surface area (Å²) in [5.74, 6) is 0.596. The molecule has 0 unspecified atom stereocenters. The first-order valence-corrected chi connectivity index (χ1v) is 7.03. The first-order chi connectivity index (χ1) is 7.67. The van der Waals surface area contributed by atoms with E-state index < -0.39 is 0 Å². The highest BCUT2D eigenvalue weighted by molar-refractivity contribution is 4.85. The average Bonchev–Trinajstić information content (AvgIpc) is 2.23. The van der Waals surface area contributed by atoms with Crippen molar-refractivity contribution in [1.82, 2.24) is 4.90 Å². The summed E-state index contributed by atoms with van der Waals surface area (Å²) in [6, 6.07) is 0. The second-order valence-electron chi connectivity index (χ2n) is 6.79. The maximum absolute atomic E-state index is 9.23. The second-order valence-corrected chi connectivity index (χ2v) is 6.79. The zero-order valence-electron chi connectivity index (χ0n) is 13.0. The van der Waals surface area contributed by atoms with Crippen molar-refractivity contribution < 1.29 is 5.11 Å². The van der Waals surface area contributed by atoms with Crippen LogP contribution in [-0.4, -0.2) is 35.2 Å². The smallest absolute Gasteiger partial charge is 0.0558 e. The van der Waals surface area contributed by atoms with Gasteiger partial charge in [0.2, 0.25) is 0 Å². The molecule has 0 radical (unpaired) electrons. The van der Waals surface area contributed by atoms with Gasteiger partial charge in [-0.2, -0.15) is 0 Å². The van der Waals surface area contributed by atoms with Crippen molar-refractivity contribution in [3.8, 4) is 0 Å². The fraction of sp³-hybridized carbons (Fsp3) is 1.00. The molecule has 0 aromatic carbocycles. The number of hydrogen-bond acceptors (Lipinski definition) is 2. The number of nitrogens with zero attached hydrogens (tertiary/aromatic N) is 1. The normalized spacial score (nSPS) is 13.8. The van der Waals surface area contributed by atoms with Crippen molar-refractivity contribution in [2.75, 3.05) is 19.7 Å². The Morgan fingerprint density at radius 1 is 1.06 bits per heavy atom. The highest BCUT2D eigenvalue weighted by atomic mass is 16.3. The van der Waals surface area contributed by atoms with Gasteiger partial charge < -0.3 is 5.11 Å². The van der Waals surface area contributed by atoms with Gasteiger partial charge in [0.05, 0.1) is 6.61 Å². The van der Waals surface area contributed by atoms with Crippen molar-refractivity contribution in [3.05, 3.63) is 0 Å². The van der Waals surface area contributed by atoms with Gasteiger partial charge in [-0.05, 0) is 38.1 Å². The second kappa shape index (κ2) is 6.75. The molecule has 0 spiro atoms. The molecular formula is C15H33NO. The summed E-state index contributed by atoms with van der Waals surface area (Å²) in [6.45, 7) is 18.1. The van der Waals surface area contributed by atoms with Crippen LogP contribution in [0.25, 0.3) is 0 Å². The minimum Gasteiger partial charge on any atom is -0.395 e. The number of aliphatic hydroxyl groups is 1. The van der Waals surface area contributed by atoms with Crippen molar-refractivity contribution in [3.63, 3.8) is 0 Å². The Morgan fingerprint density at radius 3 is 1.94 bits per heavy atom. The van der Waals surface area contributed by atoms with Gasteiger partial charge in [0, 0.05) is 12.1 Å². The molecule has 0 aromatic heterocycles. The molecule has 0 amide bonds. The number of β-amino-alcohol motifs (C(OH)–C–C–N with tert-alkyl or cyclic N) is 1. The summed E-state index contributed by atoms with van der Waals surface area (Å²) < 4.78 is 0. The van der Waals surface area contributed by atoms with Gasteiger partial charge in [-0.15, -0.1) is 0 Å². The molecule has 17 heavy (non-hydrogen) atoms. The van der Waals surface area contributed by atoms with Gasteiger partial charge in [-0.1, -0.05) is 41.0 Å². The molecule has 0 saturated heterocycles. The molecule has 0 heterocycles. The maximum atomic E-state index is 9.23. The third kappa shape index (κ3) is 5.39. The molecular weight excluding hydrogens is 210 g/mol. The van der Waals surface area contributed by atoms with Crippen LogP contribution < -0.4 is 0 Å². The Bertz CT molecular complexity index is 209. The summed E-state index contributed by atoms with van der Waals surface area (Å²) in [4.78, 5) is 2.44. The van der Waals surface area contributed by atoms with E-state index in [4.69, 9.17) is 0 Å². The fourth-order valence-electron chi connectivity index (χ4n) is 1.79. The van der Waals surface area contributed by atoms with Crippen molar-refractivity contribution in [2.24, 2.45) is 11.3 Å². The largest absolute Gasteiger partial charge is 0.395 e. The van der Waals surface area contributed by atoms with Gasteiger partial charge in [0.25, 0.3) is 0 Å². The van der Waals surface area contributed by atoms with Crippen LogP contribution in [0.2, 0.25) is 0 Å². The lowest BCUT2D eigenvalue weighted by atomic mass is 9.84. The van der Waals surface area contributed by atoms with E-state index in [9.17, 15) is 5.11 Å². The minimum absolute atomic E-state index is 0.159. The van der Waals surface area contributed by atoms with Gasteiger partial charge in [0.15, 0.2) is 0 Å². The molecule has 2 heteroatoms. The Balaban J connectivity index is 4.54. The first kappa shape index (κ1) is 16.9. The van der Waals surface area contributed by atoms with Crippen molar-refractivity contribution in [2.45, 2.75) is 66.8 Å². The van der Waals surface area contributed by atoms with Crippen LogP contribution in [-0.2, 0) is 0 Å². The van der Waals surface area contributed by atoms with E-state index in [0.717, 1.165) is 13.1 Å². The predicted molar refractivity (Wildman–Crippen MR) is 76.3 cm³/mol. The Morgan fingerprint density at radius 2 is 1.59 bits per heavy atom. The highest BCUT2D eigenvalue weighted by Gasteiger charge is 2.30. The number of hydrogen-bond donors (Lipinski definition) is 1. The van der Waals surface area contributed by atoms with Crippen LogP contribution >= 0.6 is 0 Å². The molecule has 2 nitrogen and oxygen atoms in total. The summed E-state index contributed by atoms with van der Waals surface area (Å²) >= 11 is 0. The molecule has 0 atom stereocenters. The van der Waals surface area contributed by atoms with E-state index in [1.807, 2.05) is 0 Å². The average molecular weight is 243 g/mol. The quantitative estimate of drug-likeness (QED) is 0.705. The zero-order chi connectivity index (χ0) is 13.7. The van der Waals surface area contributed by atoms with Gasteiger partial charge in [0.1, 0.15) is 0 Å². The standard InChI is InChI=1S/C15H33NO/c1-8-14(4,5)9-10-16(11-12-17)15(6,7)13(2)3/h13,17H,8-12H2,1-7H3. The summed E-state index contributed by atoms with van der Waals surface area (Å²) in [5, 5.41) is 9.23. The van der Waals surface area contributed by atoms with E-state index in [0.29, 0.717) is 11.3 Å². The molecule has 0 fully saturated rings. The number of aliphatic hydroxyl groups excluding tert-OH is 1. The number of rotatable bonds is 8. The molecule has 0 aliphatic heterocycles. The topological polar surface area (TPSA) is 23.5 Å². The van der Waals surface area contributed by atoms with Crippen LogP contribution in [0, 0.1) is 11.3 Å². The molecule has 0 aromatic rings. The highest BCUT2D eigenvalue weighted by Crippen LogP contribution is 2.29. The SMILES string of the molecule is CCC(C)(C)CCN(CCO)C(C)(C)C(C)C. The zero-order valence-corrected chi connectivity index (χ0v) is 13.0. The van der Waals surface area contributed by atoms with E-state index in [1.54, 1.807) is 0 Å². The monoisotopic (exact) mass is 243 g/mol. The van der Waals surface area contributed by atoms with Crippen LogP contribution in [0.15, 0.2) is 0 Å². The first-order valence-electron chi connectivity index (χ1n) is 7.03. The van der Waals surface area contributed by atoms with Crippen LogP contribution in [0.4, 0.5) is 0 Å². The van der Waals surface area contributed by atoms with E-state index in [2.05, 4.69) is 53.4 Å². The van der Waals surface area contributed by atoms with E-state index >= 15 is 0 Å². The Kier molecular flexibility index (Phi) is 6.71. The summed E-state index contributed by atoms with van der Waals surface area (Å²) in [7, 11) is 0. The van der Waals surface area contributed by atoms with Gasteiger partial charge in [-0.25, -0.2) is 0 Å². The summed E-state index contributed by atoms with van der Waals surface area (Å²) in [5.41, 5.74) is 0.563. The third-order valence-electron chi connectivity index (χ3n) is 4.61. The van der Waals surface area contributed by atoms with Crippen LogP contribution in [0.5, 0.6) is 0 Å². The van der Waals surface area contributed by atoms with E-state index in [-0.39, 0.29) is 12.1 Å². The fourth-order valence-corrected chi connectivity index (χ4v) is 1.79. The van der Waals surface area contributed by atoms with Crippen LogP contribution in [0.3, 0.4) is 0 Å². The summed E-state index contributed by atoms with van der Waals surface area (Å²) in [6.07, 6.45) is 2.40. The molecule has 0 saturated carbocycles. The predicted octanol–water partition coefficient (Wildman–Crippen LogP) is 3.54.